The zero-order chi connectivity index (χ0) is 25.1. The highest BCUT2D eigenvalue weighted by molar-refractivity contribution is 7.17. The number of nitrogens with zero attached hydrogens (tertiary/aromatic N) is 4. The van der Waals surface area contributed by atoms with Crippen LogP contribution in [0, 0.1) is 20.8 Å². The minimum atomic E-state index is -0.515. The lowest BCUT2D eigenvalue weighted by Gasteiger charge is -2.12. The second kappa shape index (κ2) is 10.1. The molecule has 0 saturated heterocycles. The summed E-state index contributed by atoms with van der Waals surface area (Å²) in [6.07, 6.45) is 1.51. The third kappa shape index (κ3) is 4.92. The van der Waals surface area contributed by atoms with Gasteiger partial charge in [-0.1, -0.05) is 42.2 Å². The highest BCUT2D eigenvalue weighted by Crippen LogP contribution is 2.25. The highest BCUT2D eigenvalue weighted by atomic mass is 32.1. The first kappa shape index (κ1) is 24.1. The van der Waals surface area contributed by atoms with Gasteiger partial charge in [0.1, 0.15) is 17.1 Å². The number of ether oxygens (including phenoxy) is 1. The first-order valence-corrected chi connectivity index (χ1v) is 11.8. The molecule has 0 bridgehead atoms. The van der Waals surface area contributed by atoms with Crippen LogP contribution in [0.5, 0.6) is 0 Å². The van der Waals surface area contributed by atoms with Gasteiger partial charge in [-0.3, -0.25) is 14.2 Å². The Morgan fingerprint density at radius 2 is 1.91 bits per heavy atom. The molecule has 3 heterocycles. The first-order chi connectivity index (χ1) is 16.8. The summed E-state index contributed by atoms with van der Waals surface area (Å²) >= 11 is 1.04. The van der Waals surface area contributed by atoms with Crippen molar-refractivity contribution in [3.63, 3.8) is 0 Å². The molecule has 0 aliphatic carbocycles. The number of thiazole rings is 1. The molecule has 1 amide bonds. The molecule has 0 unspecified atom stereocenters. The smallest absolute Gasteiger partial charge is 0.350 e. The molecular weight excluding hydrogens is 466 g/mol. The minimum absolute atomic E-state index is 0.0337. The van der Waals surface area contributed by atoms with Gasteiger partial charge in [0, 0.05) is 24.4 Å². The molecule has 0 atom stereocenters. The van der Waals surface area contributed by atoms with Gasteiger partial charge < -0.3 is 10.1 Å². The highest BCUT2D eigenvalue weighted by Gasteiger charge is 2.20. The van der Waals surface area contributed by atoms with Crippen LogP contribution in [0.15, 0.2) is 53.8 Å². The molecule has 0 radical (unpaired) electrons. The maximum atomic E-state index is 12.9. The maximum absolute atomic E-state index is 12.9. The number of carbonyl (C=O) groups is 2. The zero-order valence-electron chi connectivity index (χ0n) is 19.7. The van der Waals surface area contributed by atoms with Crippen molar-refractivity contribution < 1.29 is 14.3 Å². The predicted molar refractivity (Wildman–Crippen MR) is 135 cm³/mol. The summed E-state index contributed by atoms with van der Waals surface area (Å²) in [5.74, 6) is -0.841. The van der Waals surface area contributed by atoms with Crippen molar-refractivity contribution in [2.75, 3.05) is 11.9 Å². The Balaban J connectivity index is 1.58. The van der Waals surface area contributed by atoms with Crippen molar-refractivity contribution in [1.29, 1.82) is 0 Å². The molecule has 35 heavy (non-hydrogen) atoms. The molecule has 0 fully saturated rings. The molecular formula is C25H25N5O4S. The lowest BCUT2D eigenvalue weighted by atomic mass is 10.1. The maximum Gasteiger partial charge on any atom is 0.350 e. The van der Waals surface area contributed by atoms with Gasteiger partial charge >= 0.3 is 5.97 Å². The standard InChI is InChI=1S/C25H25N5O4S/c1-5-13-34-24(33)22-17(4)26-25(35-22)27-19(31)11-12-29-20(32)14-15(2)21-16(3)28-30(23(21)29)18-9-7-6-8-10-18/h5-10,14H,1,11-13H2,2-4H3,(H,26,27,31). The number of para-hydroxylation sites is 1. The van der Waals surface area contributed by atoms with Gasteiger partial charge in [-0.15, -0.1) is 0 Å². The van der Waals surface area contributed by atoms with E-state index in [4.69, 9.17) is 4.74 Å². The molecule has 1 N–H and O–H groups in total. The molecule has 1 aromatic carbocycles. The first-order valence-electron chi connectivity index (χ1n) is 11.0. The number of benzene rings is 1. The van der Waals surface area contributed by atoms with Gasteiger partial charge in [-0.05, 0) is 38.5 Å². The number of hydrogen-bond donors (Lipinski definition) is 1. The van der Waals surface area contributed by atoms with E-state index in [1.807, 2.05) is 44.2 Å². The fraction of sp³-hybridized carbons (Fsp3) is 0.240. The van der Waals surface area contributed by atoms with Crippen LogP contribution in [0.2, 0.25) is 0 Å². The van der Waals surface area contributed by atoms with Crippen LogP contribution in [0.4, 0.5) is 5.13 Å². The van der Waals surface area contributed by atoms with Crippen molar-refractivity contribution >= 4 is 39.4 Å². The van der Waals surface area contributed by atoms with Gasteiger partial charge in [0.2, 0.25) is 5.91 Å². The lowest BCUT2D eigenvalue weighted by molar-refractivity contribution is -0.116. The second-order valence-electron chi connectivity index (χ2n) is 7.97. The third-order valence-electron chi connectivity index (χ3n) is 5.42. The predicted octanol–water partition coefficient (Wildman–Crippen LogP) is 3.94. The Kier molecular flexibility index (Phi) is 6.92. The molecule has 4 rings (SSSR count). The summed E-state index contributed by atoms with van der Waals surface area (Å²) < 4.78 is 8.36. The van der Waals surface area contributed by atoms with Gasteiger partial charge in [0.15, 0.2) is 5.13 Å². The Labute approximate surface area is 205 Å². The fourth-order valence-electron chi connectivity index (χ4n) is 3.87. The minimum Gasteiger partial charge on any atom is -0.457 e. The van der Waals surface area contributed by atoms with Gasteiger partial charge in [0.25, 0.3) is 5.56 Å². The van der Waals surface area contributed by atoms with Crippen molar-refractivity contribution in [1.82, 2.24) is 19.3 Å². The zero-order valence-corrected chi connectivity index (χ0v) is 20.5. The van der Waals surface area contributed by atoms with Crippen LogP contribution >= 0.6 is 11.3 Å². The van der Waals surface area contributed by atoms with E-state index in [2.05, 4.69) is 22.0 Å². The van der Waals surface area contributed by atoms with Crippen molar-refractivity contribution in [3.05, 3.63) is 81.2 Å². The van der Waals surface area contributed by atoms with Crippen molar-refractivity contribution in [2.45, 2.75) is 33.7 Å². The summed E-state index contributed by atoms with van der Waals surface area (Å²) in [5.41, 5.74) is 3.36. The largest absolute Gasteiger partial charge is 0.457 e. The van der Waals surface area contributed by atoms with Crippen LogP contribution in [0.3, 0.4) is 0 Å². The lowest BCUT2D eigenvalue weighted by Crippen LogP contribution is -2.25. The van der Waals surface area contributed by atoms with Crippen molar-refractivity contribution in [2.24, 2.45) is 0 Å². The van der Waals surface area contributed by atoms with Gasteiger partial charge in [-0.25, -0.2) is 14.5 Å². The third-order valence-corrected chi connectivity index (χ3v) is 6.47. The summed E-state index contributed by atoms with van der Waals surface area (Å²) in [6.45, 7) is 9.22. The number of hydrogen-bond acceptors (Lipinski definition) is 7. The molecule has 180 valence electrons. The number of amides is 1. The van der Waals surface area contributed by atoms with Crippen LogP contribution in [0.1, 0.15) is 33.0 Å². The van der Waals surface area contributed by atoms with E-state index in [0.29, 0.717) is 21.3 Å². The number of aromatic nitrogens is 4. The number of nitrogens with one attached hydrogen (secondary N) is 1. The van der Waals surface area contributed by atoms with E-state index in [0.717, 1.165) is 33.7 Å². The molecule has 0 spiro atoms. The molecule has 10 heteroatoms. The fourth-order valence-corrected chi connectivity index (χ4v) is 4.74. The Hall–Kier alpha value is -4.05. The van der Waals surface area contributed by atoms with E-state index in [1.165, 1.54) is 6.08 Å². The topological polar surface area (TPSA) is 108 Å². The monoisotopic (exact) mass is 491 g/mol. The SMILES string of the molecule is C=CCOC(=O)c1sc(NC(=O)CCn2c(=O)cc(C)c3c(C)nn(-c4ccccc4)c32)nc1C. The van der Waals surface area contributed by atoms with E-state index >= 15 is 0 Å². The molecule has 0 aliphatic heterocycles. The Morgan fingerprint density at radius 3 is 2.63 bits per heavy atom. The average Bonchev–Trinajstić information content (AvgIpc) is 3.37. The van der Waals surface area contributed by atoms with Crippen LogP contribution in [0.25, 0.3) is 16.7 Å². The molecule has 0 saturated carbocycles. The summed E-state index contributed by atoms with van der Waals surface area (Å²) in [7, 11) is 0. The van der Waals surface area contributed by atoms with E-state index in [1.54, 1.807) is 22.2 Å². The number of rotatable bonds is 8. The average molecular weight is 492 g/mol. The van der Waals surface area contributed by atoms with E-state index in [-0.39, 0.29) is 31.0 Å². The van der Waals surface area contributed by atoms with Crippen LogP contribution < -0.4 is 10.9 Å². The quantitative estimate of drug-likeness (QED) is 0.295. The van der Waals surface area contributed by atoms with Crippen LogP contribution in [-0.4, -0.2) is 37.8 Å². The number of aryl methyl sites for hydroxylation is 4. The second-order valence-corrected chi connectivity index (χ2v) is 8.97. The molecule has 9 nitrogen and oxygen atoms in total. The van der Waals surface area contributed by atoms with Gasteiger partial charge in [0.05, 0.1) is 17.1 Å². The van der Waals surface area contributed by atoms with Crippen LogP contribution in [-0.2, 0) is 16.1 Å². The van der Waals surface area contributed by atoms with Gasteiger partial charge in [-0.2, -0.15) is 5.10 Å². The molecule has 4 aromatic rings. The van der Waals surface area contributed by atoms with Crippen molar-refractivity contribution in [3.8, 4) is 5.69 Å². The summed E-state index contributed by atoms with van der Waals surface area (Å²) in [5, 5.41) is 8.56. The number of carbonyl (C=O) groups excluding carboxylic acids is 2. The van der Waals surface area contributed by atoms with E-state index in [9.17, 15) is 14.4 Å². The Morgan fingerprint density at radius 1 is 1.17 bits per heavy atom. The normalized spacial score (nSPS) is 10.9. The summed E-state index contributed by atoms with van der Waals surface area (Å²) in [4.78, 5) is 42.3. The number of esters is 1. The number of pyridine rings is 1. The summed E-state index contributed by atoms with van der Waals surface area (Å²) in [6, 6.07) is 11.1. The molecule has 3 aromatic heterocycles. The van der Waals surface area contributed by atoms with E-state index < -0.39 is 5.97 Å². The molecule has 0 aliphatic rings. The Bertz CT molecular complexity index is 1480. The number of anilines is 1. The number of fused-ring (bicyclic) bond motifs is 1.